The van der Waals surface area contributed by atoms with Crippen LogP contribution in [-0.4, -0.2) is 20.0 Å². The number of primary sulfonamides is 1. The van der Waals surface area contributed by atoms with Crippen LogP contribution < -0.4 is 5.14 Å². The number of sulfonamides is 1. The average molecular weight is 492 g/mol. The van der Waals surface area contributed by atoms with E-state index in [0.717, 1.165) is 31.2 Å². The number of benzene rings is 1. The van der Waals surface area contributed by atoms with Crippen LogP contribution in [0.25, 0.3) is 0 Å². The Kier molecular flexibility index (Phi) is 14.9. The monoisotopic (exact) mass is 491 g/mol. The van der Waals surface area contributed by atoms with Gasteiger partial charge in [0, 0.05) is 18.4 Å². The molecule has 1 aromatic carbocycles. The number of carbonyl (C=O) groups excluding carboxylic acids is 1. The Morgan fingerprint density at radius 1 is 0.794 bits per heavy atom. The molecule has 0 radical (unpaired) electrons. The summed E-state index contributed by atoms with van der Waals surface area (Å²) in [4.78, 5) is 11.8. The van der Waals surface area contributed by atoms with Crippen LogP contribution in [0.2, 0.25) is 0 Å². The van der Waals surface area contributed by atoms with Gasteiger partial charge in [0.25, 0.3) is 0 Å². The molecule has 0 bridgehead atoms. The molecule has 0 aliphatic rings. The van der Waals surface area contributed by atoms with E-state index in [1.165, 1.54) is 76.3 Å². The SMILES string of the molecule is CC(C)(C)OC(=O)CCCCCCCCCCCCCCCC#Cc1ccc(S(N)(=O)=O)cc1. The van der Waals surface area contributed by atoms with Crippen LogP contribution in [0, 0.1) is 11.8 Å². The van der Waals surface area contributed by atoms with E-state index in [1.54, 1.807) is 12.1 Å². The van der Waals surface area contributed by atoms with Crippen molar-refractivity contribution in [3.63, 3.8) is 0 Å². The quantitative estimate of drug-likeness (QED) is 0.155. The van der Waals surface area contributed by atoms with E-state index in [-0.39, 0.29) is 16.5 Å². The highest BCUT2D eigenvalue weighted by atomic mass is 32.2. The van der Waals surface area contributed by atoms with E-state index >= 15 is 0 Å². The van der Waals surface area contributed by atoms with E-state index < -0.39 is 10.0 Å². The molecule has 1 rings (SSSR count). The van der Waals surface area contributed by atoms with Crippen molar-refractivity contribution in [2.75, 3.05) is 0 Å². The van der Waals surface area contributed by atoms with Gasteiger partial charge in [0.1, 0.15) is 5.60 Å². The third-order valence-electron chi connectivity index (χ3n) is 5.52. The third kappa shape index (κ3) is 16.7. The molecule has 0 aromatic heterocycles. The van der Waals surface area contributed by atoms with Crippen molar-refractivity contribution < 1.29 is 17.9 Å². The zero-order valence-electron chi connectivity index (χ0n) is 21.5. The van der Waals surface area contributed by atoms with E-state index in [0.29, 0.717) is 6.42 Å². The van der Waals surface area contributed by atoms with E-state index in [2.05, 4.69) is 11.8 Å². The van der Waals surface area contributed by atoms with Crippen molar-refractivity contribution in [2.24, 2.45) is 5.14 Å². The van der Waals surface area contributed by atoms with E-state index in [4.69, 9.17) is 9.88 Å². The van der Waals surface area contributed by atoms with E-state index in [9.17, 15) is 13.2 Å². The molecule has 0 atom stereocenters. The van der Waals surface area contributed by atoms with Crippen molar-refractivity contribution >= 4 is 16.0 Å². The highest BCUT2D eigenvalue weighted by molar-refractivity contribution is 7.89. The molecule has 192 valence electrons. The van der Waals surface area contributed by atoms with Crippen LogP contribution >= 0.6 is 0 Å². The minimum absolute atomic E-state index is 0.0736. The molecule has 0 unspecified atom stereocenters. The number of carbonyl (C=O) groups is 1. The predicted octanol–water partition coefficient (Wildman–Crippen LogP) is 6.88. The maximum atomic E-state index is 11.6. The fourth-order valence-corrected chi connectivity index (χ4v) is 4.23. The number of rotatable bonds is 16. The van der Waals surface area contributed by atoms with Crippen LogP contribution in [0.5, 0.6) is 0 Å². The molecule has 0 spiro atoms. The topological polar surface area (TPSA) is 86.5 Å². The Morgan fingerprint density at radius 2 is 1.24 bits per heavy atom. The third-order valence-corrected chi connectivity index (χ3v) is 6.45. The van der Waals surface area contributed by atoms with Gasteiger partial charge in [-0.15, -0.1) is 0 Å². The standard InChI is InChI=1S/C28H45NO4S/c1-28(2,3)33-27(30)20-18-16-14-12-10-8-6-4-5-7-9-11-13-15-17-19-25-21-23-26(24-22-25)34(29,31)32/h21-24H,4-16,18,20H2,1-3H3,(H2,29,31,32). The Balaban J connectivity index is 1.88. The first-order valence-corrected chi connectivity index (χ1v) is 14.5. The first-order valence-electron chi connectivity index (χ1n) is 12.9. The molecule has 6 heteroatoms. The van der Waals surface area contributed by atoms with Crippen molar-refractivity contribution in [3.05, 3.63) is 29.8 Å². The lowest BCUT2D eigenvalue weighted by atomic mass is 10.0. The Bertz CT molecular complexity index is 858. The van der Waals surface area contributed by atoms with Gasteiger partial charge in [-0.3, -0.25) is 4.79 Å². The molecule has 0 heterocycles. The number of esters is 1. The molecule has 0 saturated carbocycles. The molecule has 0 aliphatic carbocycles. The minimum Gasteiger partial charge on any atom is -0.460 e. The predicted molar refractivity (Wildman–Crippen MR) is 140 cm³/mol. The van der Waals surface area contributed by atoms with Gasteiger partial charge in [0.15, 0.2) is 0 Å². The number of nitrogens with two attached hydrogens (primary N) is 1. The molecule has 0 aliphatic heterocycles. The molecule has 2 N–H and O–H groups in total. The smallest absolute Gasteiger partial charge is 0.306 e. The molecule has 0 saturated heterocycles. The summed E-state index contributed by atoms with van der Waals surface area (Å²) in [7, 11) is -3.64. The summed E-state index contributed by atoms with van der Waals surface area (Å²) in [6.07, 6.45) is 17.4. The highest BCUT2D eigenvalue weighted by Crippen LogP contribution is 2.15. The molecular formula is C28H45NO4S. The van der Waals surface area contributed by atoms with Crippen molar-refractivity contribution in [2.45, 2.75) is 128 Å². The van der Waals surface area contributed by atoms with E-state index in [1.807, 2.05) is 20.8 Å². The fraction of sp³-hybridized carbons (Fsp3) is 0.679. The summed E-state index contributed by atoms with van der Waals surface area (Å²) in [6.45, 7) is 5.73. The van der Waals surface area contributed by atoms with Gasteiger partial charge < -0.3 is 4.74 Å². The summed E-state index contributed by atoms with van der Waals surface area (Å²) >= 11 is 0. The Hall–Kier alpha value is -1.84. The zero-order chi connectivity index (χ0) is 25.3. The normalized spacial score (nSPS) is 11.6. The maximum absolute atomic E-state index is 11.6. The van der Waals surface area contributed by atoms with Gasteiger partial charge in [0.2, 0.25) is 10.0 Å². The molecule has 5 nitrogen and oxygen atoms in total. The molecular weight excluding hydrogens is 446 g/mol. The Labute approximate surface area is 208 Å². The lowest BCUT2D eigenvalue weighted by Gasteiger charge is -2.19. The molecule has 1 aromatic rings. The summed E-state index contributed by atoms with van der Waals surface area (Å²) in [5.41, 5.74) is 0.440. The van der Waals surface area contributed by atoms with Crippen LogP contribution in [0.1, 0.15) is 123 Å². The van der Waals surface area contributed by atoms with Crippen molar-refractivity contribution in [1.82, 2.24) is 0 Å². The van der Waals surface area contributed by atoms with Crippen LogP contribution in [0.4, 0.5) is 0 Å². The number of unbranched alkanes of at least 4 members (excludes halogenated alkanes) is 13. The lowest BCUT2D eigenvalue weighted by molar-refractivity contribution is -0.154. The summed E-state index contributed by atoms with van der Waals surface area (Å²) in [5, 5.41) is 5.09. The van der Waals surface area contributed by atoms with Gasteiger partial charge in [-0.1, -0.05) is 82.5 Å². The maximum Gasteiger partial charge on any atom is 0.306 e. The summed E-state index contributed by atoms with van der Waals surface area (Å²) in [6, 6.07) is 6.38. The first-order chi connectivity index (χ1) is 16.1. The van der Waals surface area contributed by atoms with Crippen molar-refractivity contribution in [1.29, 1.82) is 0 Å². The molecule has 34 heavy (non-hydrogen) atoms. The highest BCUT2D eigenvalue weighted by Gasteiger charge is 2.15. The fourth-order valence-electron chi connectivity index (χ4n) is 3.71. The summed E-state index contributed by atoms with van der Waals surface area (Å²) < 4.78 is 27.8. The minimum atomic E-state index is -3.64. The van der Waals surface area contributed by atoms with Crippen LogP contribution in [-0.2, 0) is 19.6 Å². The van der Waals surface area contributed by atoms with Crippen LogP contribution in [0.15, 0.2) is 29.2 Å². The first kappa shape index (κ1) is 30.2. The van der Waals surface area contributed by atoms with Gasteiger partial charge in [-0.05, 0) is 57.9 Å². The Morgan fingerprint density at radius 3 is 1.68 bits per heavy atom. The zero-order valence-corrected chi connectivity index (χ0v) is 22.4. The van der Waals surface area contributed by atoms with Crippen LogP contribution in [0.3, 0.4) is 0 Å². The van der Waals surface area contributed by atoms with Gasteiger partial charge in [-0.2, -0.15) is 0 Å². The second-order valence-corrected chi connectivity index (χ2v) is 11.6. The second kappa shape index (κ2) is 16.7. The summed E-state index contributed by atoms with van der Waals surface area (Å²) in [5.74, 6) is 6.17. The average Bonchev–Trinajstić information content (AvgIpc) is 2.74. The van der Waals surface area contributed by atoms with Gasteiger partial charge >= 0.3 is 5.97 Å². The second-order valence-electron chi connectivity index (χ2n) is 10.1. The van der Waals surface area contributed by atoms with Gasteiger partial charge in [0.05, 0.1) is 4.90 Å². The molecule has 0 fully saturated rings. The van der Waals surface area contributed by atoms with Crippen molar-refractivity contribution in [3.8, 4) is 11.8 Å². The number of ether oxygens (including phenoxy) is 1. The number of hydrogen-bond donors (Lipinski definition) is 1. The lowest BCUT2D eigenvalue weighted by Crippen LogP contribution is -2.23. The number of hydrogen-bond acceptors (Lipinski definition) is 4. The molecule has 0 amide bonds. The largest absolute Gasteiger partial charge is 0.460 e. The van der Waals surface area contributed by atoms with Gasteiger partial charge in [-0.25, -0.2) is 13.6 Å².